The van der Waals surface area contributed by atoms with Crippen molar-refractivity contribution in [3.63, 3.8) is 0 Å². The van der Waals surface area contributed by atoms with Gasteiger partial charge in [-0.2, -0.15) is 12.5 Å². The number of likely N-dealkylation sites (tertiary alicyclic amines) is 1. The molecule has 3 aromatic carbocycles. The Morgan fingerprint density at radius 2 is 1.77 bits per heavy atom. The maximum absolute atomic E-state index is 8.89. The summed E-state index contributed by atoms with van der Waals surface area (Å²) in [6.07, 6.45) is 4.12. The third kappa shape index (κ3) is 9.09. The Bertz CT molecular complexity index is 1410. The summed E-state index contributed by atoms with van der Waals surface area (Å²) in [4.78, 5) is 11.4. The van der Waals surface area contributed by atoms with Gasteiger partial charge in [-0.15, -0.1) is 6.07 Å². The first kappa shape index (κ1) is 37.8. The van der Waals surface area contributed by atoms with Crippen LogP contribution in [0, 0.1) is 28.2 Å². The molecule has 0 amide bonds. The summed E-state index contributed by atoms with van der Waals surface area (Å²) in [6.45, 7) is 19.0. The van der Waals surface area contributed by atoms with Crippen LogP contribution in [0.25, 0.3) is 11.1 Å². The van der Waals surface area contributed by atoms with Crippen molar-refractivity contribution in [2.45, 2.75) is 65.0 Å². The molecule has 1 N–H and O–H groups in total. The van der Waals surface area contributed by atoms with Crippen molar-refractivity contribution in [2.75, 3.05) is 26.3 Å². The maximum atomic E-state index is 8.89. The SMILES string of the molecule is [CH2-]C(=O)O.[CH2-]c1cc(Cl)c(O[C@H]2CCc3c(-c4cccc(OCCCN5CCC5(C)C)c4C)cccc32)cc1OCC.[CH3-].[Y+3]. The van der Waals surface area contributed by atoms with Gasteiger partial charge in [-0.25, -0.2) is 0 Å². The van der Waals surface area contributed by atoms with E-state index in [4.69, 9.17) is 35.7 Å². The summed E-state index contributed by atoms with van der Waals surface area (Å²) in [5, 5.41) is 7.86. The molecular weight excluding hydrogens is 651 g/mol. The molecule has 0 saturated carbocycles. The molecule has 0 radical (unpaired) electrons. The second-order valence-electron chi connectivity index (χ2n) is 11.4. The fourth-order valence-corrected chi connectivity index (χ4v) is 5.96. The predicted octanol–water partition coefficient (Wildman–Crippen LogP) is 8.57. The molecule has 234 valence electrons. The van der Waals surface area contributed by atoms with Crippen LogP contribution in [0.15, 0.2) is 48.5 Å². The number of fused-ring (bicyclic) bond motifs is 1. The molecule has 2 aliphatic rings. The van der Waals surface area contributed by atoms with Gasteiger partial charge in [0.1, 0.15) is 17.6 Å². The molecule has 44 heavy (non-hydrogen) atoms. The minimum atomic E-state index is -1.08. The van der Waals surface area contributed by atoms with Gasteiger partial charge < -0.3 is 26.7 Å². The molecule has 1 aliphatic heterocycles. The van der Waals surface area contributed by atoms with Crippen molar-refractivity contribution >= 4 is 17.6 Å². The zero-order valence-electron chi connectivity index (χ0n) is 26.7. The molecule has 1 saturated heterocycles. The van der Waals surface area contributed by atoms with E-state index in [1.54, 1.807) is 0 Å². The Labute approximate surface area is 294 Å². The van der Waals surface area contributed by atoms with Crippen molar-refractivity contribution in [1.29, 1.82) is 0 Å². The Morgan fingerprint density at radius 1 is 1.09 bits per heavy atom. The van der Waals surface area contributed by atoms with E-state index in [0.717, 1.165) is 43.7 Å². The number of benzene rings is 3. The molecule has 8 heteroatoms. The van der Waals surface area contributed by atoms with Crippen molar-refractivity contribution in [2.24, 2.45) is 0 Å². The van der Waals surface area contributed by atoms with Crippen molar-refractivity contribution in [3.05, 3.63) is 97.1 Å². The Morgan fingerprint density at radius 3 is 2.41 bits per heavy atom. The van der Waals surface area contributed by atoms with Crippen LogP contribution in [-0.2, 0) is 43.9 Å². The van der Waals surface area contributed by atoms with Crippen LogP contribution in [0.1, 0.15) is 68.4 Å². The third-order valence-corrected chi connectivity index (χ3v) is 8.45. The molecule has 1 fully saturated rings. The topological polar surface area (TPSA) is 68.2 Å². The summed E-state index contributed by atoms with van der Waals surface area (Å²) < 4.78 is 18.5. The van der Waals surface area contributed by atoms with Crippen LogP contribution < -0.4 is 14.2 Å². The molecule has 3 aromatic rings. The Hall–Kier alpha value is -2.38. The number of ether oxygens (including phenoxy) is 3. The number of rotatable bonds is 10. The maximum Gasteiger partial charge on any atom is 3.00 e. The standard InChI is InChI=1S/C33H39ClNO3.C2H3O2.CH3.Y/c1-6-36-31-21-32(28(34)20-22(31)2)38-30-15-14-26-25(11-7-12-27(26)30)24-10-8-13-29(23(24)3)37-19-9-17-35-18-16-33(35,4)5;1-2(3)4;;/h7-8,10-13,20-21,30H,2,6,9,14-19H2,1,3-5H3;1H2,(H,3,4);1H3;/q3*-1;+3/t30-;;;/m0.../s1. The fourth-order valence-electron chi connectivity index (χ4n) is 5.73. The summed E-state index contributed by atoms with van der Waals surface area (Å²) in [6, 6.07) is 16.6. The minimum absolute atomic E-state index is 0. The summed E-state index contributed by atoms with van der Waals surface area (Å²) >= 11 is 6.53. The quantitative estimate of drug-likeness (QED) is 0.169. The monoisotopic (exact) mass is 695 g/mol. The van der Waals surface area contributed by atoms with E-state index in [1.807, 2.05) is 19.1 Å². The molecule has 0 spiro atoms. The van der Waals surface area contributed by atoms with Gasteiger partial charge in [0.2, 0.25) is 0 Å². The van der Waals surface area contributed by atoms with Gasteiger partial charge >= 0.3 is 32.7 Å². The van der Waals surface area contributed by atoms with E-state index >= 15 is 0 Å². The second kappa shape index (κ2) is 16.8. The molecule has 0 aromatic heterocycles. The van der Waals surface area contributed by atoms with Crippen molar-refractivity contribution in [1.82, 2.24) is 4.90 Å². The first-order chi connectivity index (χ1) is 20.0. The molecule has 1 aliphatic carbocycles. The van der Waals surface area contributed by atoms with Gasteiger partial charge in [0, 0.05) is 29.4 Å². The van der Waals surface area contributed by atoms with Crippen molar-refractivity contribution in [3.8, 4) is 28.4 Å². The van der Waals surface area contributed by atoms with Crippen LogP contribution in [0.4, 0.5) is 0 Å². The van der Waals surface area contributed by atoms with E-state index < -0.39 is 5.97 Å². The number of aliphatic carboxylic acids is 1. The van der Waals surface area contributed by atoms with Gasteiger partial charge in [-0.1, -0.05) is 41.9 Å². The van der Waals surface area contributed by atoms with Crippen LogP contribution in [0.5, 0.6) is 17.2 Å². The molecule has 0 bridgehead atoms. The predicted molar refractivity (Wildman–Crippen MR) is 175 cm³/mol. The zero-order valence-corrected chi connectivity index (χ0v) is 30.3. The summed E-state index contributed by atoms with van der Waals surface area (Å²) in [5.41, 5.74) is 7.34. The third-order valence-electron chi connectivity index (χ3n) is 8.15. The summed E-state index contributed by atoms with van der Waals surface area (Å²) in [7, 11) is 0. The number of hydrogen-bond acceptors (Lipinski definition) is 5. The van der Waals surface area contributed by atoms with E-state index in [-0.39, 0.29) is 46.2 Å². The summed E-state index contributed by atoms with van der Waals surface area (Å²) in [5.74, 6) is 1.23. The Balaban J connectivity index is 0.00000106. The molecule has 6 nitrogen and oxygen atoms in total. The number of carbonyl (C=O) groups is 1. The molecular formula is C36H45ClNO5Y. The first-order valence-electron chi connectivity index (χ1n) is 14.6. The van der Waals surface area contributed by atoms with Crippen LogP contribution in [0.3, 0.4) is 0 Å². The van der Waals surface area contributed by atoms with Crippen LogP contribution in [-0.4, -0.2) is 47.8 Å². The number of carboxylic acid groups (broad SMARTS) is 1. The number of carboxylic acids is 1. The van der Waals surface area contributed by atoms with Crippen LogP contribution >= 0.6 is 11.6 Å². The first-order valence-corrected chi connectivity index (χ1v) is 15.0. The van der Waals surface area contributed by atoms with Crippen molar-refractivity contribution < 1.29 is 56.8 Å². The average molecular weight is 696 g/mol. The van der Waals surface area contributed by atoms with Gasteiger partial charge in [0.25, 0.3) is 0 Å². The second-order valence-corrected chi connectivity index (χ2v) is 11.8. The number of nitrogens with zero attached hydrogens (tertiary/aromatic N) is 1. The minimum Gasteiger partial charge on any atom is -0.551 e. The van der Waals surface area contributed by atoms with Gasteiger partial charge in [-0.05, 0) is 93.3 Å². The normalized spacial score (nSPS) is 16.2. The van der Waals surface area contributed by atoms with Gasteiger partial charge in [-0.3, -0.25) is 16.6 Å². The van der Waals surface area contributed by atoms with E-state index in [0.29, 0.717) is 28.7 Å². The Kier molecular flexibility index (Phi) is 14.4. The molecule has 1 atom stereocenters. The average Bonchev–Trinajstić information content (AvgIpc) is 3.34. The smallest absolute Gasteiger partial charge is 0.551 e. The number of halogens is 1. The van der Waals surface area contributed by atoms with E-state index in [1.165, 1.54) is 40.8 Å². The van der Waals surface area contributed by atoms with Crippen LogP contribution in [0.2, 0.25) is 5.02 Å². The van der Waals surface area contributed by atoms with E-state index in [9.17, 15) is 0 Å². The number of hydrogen-bond donors (Lipinski definition) is 1. The fraction of sp³-hybridized carbons (Fsp3) is 0.389. The van der Waals surface area contributed by atoms with Gasteiger partial charge in [0.15, 0.2) is 5.97 Å². The largest absolute Gasteiger partial charge is 3.00 e. The molecule has 1 heterocycles. The van der Waals surface area contributed by atoms with Gasteiger partial charge in [0.05, 0.1) is 13.2 Å². The van der Waals surface area contributed by atoms with E-state index in [2.05, 4.69) is 75.9 Å². The zero-order chi connectivity index (χ0) is 30.4. The molecule has 5 rings (SSSR count). The molecule has 0 unspecified atom stereocenters.